The molecule has 1 aromatic rings. The van der Waals surface area contributed by atoms with Gasteiger partial charge in [0.2, 0.25) is 11.8 Å². The van der Waals surface area contributed by atoms with Crippen molar-refractivity contribution in [3.63, 3.8) is 0 Å². The third kappa shape index (κ3) is 5.28. The van der Waals surface area contributed by atoms with Gasteiger partial charge in [-0.25, -0.2) is 9.71 Å². The minimum absolute atomic E-state index is 0. The Balaban J connectivity index is 0. The van der Waals surface area contributed by atoms with Crippen LogP contribution in [0.5, 0.6) is 5.88 Å². The van der Waals surface area contributed by atoms with E-state index in [1.807, 2.05) is 0 Å². The van der Waals surface area contributed by atoms with Crippen molar-refractivity contribution in [2.45, 2.75) is 6.92 Å². The number of aromatic nitrogens is 2. The summed E-state index contributed by atoms with van der Waals surface area (Å²) in [6, 6.07) is 1.52. The molecule has 0 saturated carbocycles. The summed E-state index contributed by atoms with van der Waals surface area (Å²) in [7, 11) is -2.96. The standard InChI is InChI=1S/C6H9N3O4S.Na.H/c1-4-3-5(13-2)8-6(7-4)9-14(10,11)12;;/h3H,1-2H3,(H,7,8,9)(H,10,11,12);;/q;+1;-1. The smallest absolute Gasteiger partial charge is 1.00 e. The van der Waals surface area contributed by atoms with Crippen LogP contribution in [0.1, 0.15) is 7.12 Å². The molecule has 80 valence electrons. The number of ether oxygens (including phenoxy) is 1. The van der Waals surface area contributed by atoms with Crippen LogP contribution in [0.2, 0.25) is 0 Å². The second-order valence-corrected chi connectivity index (χ2v) is 3.61. The minimum Gasteiger partial charge on any atom is -1.00 e. The van der Waals surface area contributed by atoms with Gasteiger partial charge < -0.3 is 6.16 Å². The Labute approximate surface area is 111 Å². The Morgan fingerprint density at radius 3 is 2.60 bits per heavy atom. The van der Waals surface area contributed by atoms with E-state index in [2.05, 4.69) is 9.97 Å². The monoisotopic (exact) mass is 243 g/mol. The molecule has 0 unspecified atom stereocenters. The maximum absolute atomic E-state index is 10.4. The summed E-state index contributed by atoms with van der Waals surface area (Å²) in [6.07, 6.45) is 0. The molecule has 0 aliphatic heterocycles. The summed E-state index contributed by atoms with van der Waals surface area (Å²) < 4.78 is 35.8. The Bertz CT molecular complexity index is 441. The zero-order chi connectivity index (χ0) is 10.8. The third-order valence-electron chi connectivity index (χ3n) is 1.26. The van der Waals surface area contributed by atoms with Crippen molar-refractivity contribution in [3.05, 3.63) is 11.8 Å². The van der Waals surface area contributed by atoms with Crippen molar-refractivity contribution < 1.29 is 48.7 Å². The summed E-state index contributed by atoms with van der Waals surface area (Å²) >= 11 is 0. The fourth-order valence-corrected chi connectivity index (χ4v) is 1.13. The van der Waals surface area contributed by atoms with E-state index < -0.39 is 10.3 Å². The first-order chi connectivity index (χ1) is 6.40. The van der Waals surface area contributed by atoms with Gasteiger partial charge in [-0.15, -0.1) is 0 Å². The number of anilines is 1. The molecule has 0 atom stereocenters. The van der Waals surface area contributed by atoms with E-state index in [0.717, 1.165) is 0 Å². The number of methoxy groups -OCH3 is 1. The van der Waals surface area contributed by atoms with Crippen LogP contribution in [0.4, 0.5) is 5.95 Å². The first-order valence-corrected chi connectivity index (χ1v) is 4.99. The fourth-order valence-electron chi connectivity index (χ4n) is 0.805. The second kappa shape index (κ2) is 5.61. The maximum atomic E-state index is 10.4. The van der Waals surface area contributed by atoms with Crippen LogP contribution < -0.4 is 39.0 Å². The van der Waals surface area contributed by atoms with Gasteiger partial charge in [-0.1, -0.05) is 0 Å². The topological polar surface area (TPSA) is 101 Å². The van der Waals surface area contributed by atoms with Crippen molar-refractivity contribution >= 4 is 16.3 Å². The maximum Gasteiger partial charge on any atom is 1.00 e. The Morgan fingerprint density at radius 1 is 1.53 bits per heavy atom. The van der Waals surface area contributed by atoms with Crippen molar-refractivity contribution in [2.75, 3.05) is 11.8 Å². The predicted molar refractivity (Wildman–Crippen MR) is 49.6 cm³/mol. The van der Waals surface area contributed by atoms with Gasteiger partial charge >= 0.3 is 39.9 Å². The molecule has 15 heavy (non-hydrogen) atoms. The second-order valence-electron chi connectivity index (χ2n) is 2.45. The molecular weight excluding hydrogens is 233 g/mol. The van der Waals surface area contributed by atoms with Gasteiger partial charge in [0, 0.05) is 11.8 Å². The number of aryl methyl sites for hydroxylation is 1. The molecule has 0 bridgehead atoms. The summed E-state index contributed by atoms with van der Waals surface area (Å²) in [5, 5.41) is 0. The molecule has 0 amide bonds. The fraction of sp³-hybridized carbons (Fsp3) is 0.333. The molecule has 9 heteroatoms. The quantitative estimate of drug-likeness (QED) is 0.437. The molecule has 1 aromatic heterocycles. The van der Waals surface area contributed by atoms with E-state index in [1.165, 1.54) is 13.2 Å². The molecule has 0 saturated heterocycles. The van der Waals surface area contributed by atoms with E-state index in [9.17, 15) is 8.42 Å². The summed E-state index contributed by atoms with van der Waals surface area (Å²) in [5.41, 5.74) is 0.517. The first kappa shape index (κ1) is 14.6. The molecular formula is C6H10N3NaO4S. The van der Waals surface area contributed by atoms with Crippen molar-refractivity contribution in [1.29, 1.82) is 0 Å². The van der Waals surface area contributed by atoms with Gasteiger partial charge in [-0.3, -0.25) is 4.55 Å². The van der Waals surface area contributed by atoms with Crippen LogP contribution in [0.25, 0.3) is 0 Å². The van der Waals surface area contributed by atoms with Gasteiger partial charge in [-0.2, -0.15) is 13.4 Å². The molecule has 0 spiro atoms. The van der Waals surface area contributed by atoms with Gasteiger partial charge in [0.1, 0.15) is 0 Å². The van der Waals surface area contributed by atoms with E-state index in [1.54, 1.807) is 11.6 Å². The number of nitrogens with zero attached hydrogens (tertiary/aromatic N) is 2. The predicted octanol–water partition coefficient (Wildman–Crippen LogP) is -2.88. The van der Waals surface area contributed by atoms with Gasteiger partial charge in [0.05, 0.1) is 7.11 Å². The van der Waals surface area contributed by atoms with E-state index in [-0.39, 0.29) is 42.8 Å². The molecule has 0 fully saturated rings. The Hall–Kier alpha value is -0.410. The van der Waals surface area contributed by atoms with Gasteiger partial charge in [0.25, 0.3) is 0 Å². The van der Waals surface area contributed by atoms with Crippen LogP contribution in [-0.4, -0.2) is 30.0 Å². The zero-order valence-electron chi connectivity index (χ0n) is 9.55. The van der Waals surface area contributed by atoms with Crippen molar-refractivity contribution in [2.24, 2.45) is 0 Å². The number of hydrogen-bond donors (Lipinski definition) is 2. The average Bonchev–Trinajstić information content (AvgIpc) is 1.99. The summed E-state index contributed by atoms with van der Waals surface area (Å²) in [6.45, 7) is 1.64. The summed E-state index contributed by atoms with van der Waals surface area (Å²) in [5.74, 6) is -0.0204. The van der Waals surface area contributed by atoms with Crippen LogP contribution >= 0.6 is 0 Å². The molecule has 0 aliphatic rings. The SMILES string of the molecule is COc1cc(C)nc(NS(=O)(=O)O)n1.[H-].[Na+]. The van der Waals surface area contributed by atoms with Crippen LogP contribution in [-0.2, 0) is 10.3 Å². The molecule has 2 N–H and O–H groups in total. The molecule has 7 nitrogen and oxygen atoms in total. The molecule has 0 radical (unpaired) electrons. The van der Waals surface area contributed by atoms with Gasteiger partial charge in [0.15, 0.2) is 0 Å². The minimum atomic E-state index is -4.35. The average molecular weight is 243 g/mol. The number of hydrogen-bond acceptors (Lipinski definition) is 5. The number of nitrogens with one attached hydrogen (secondary N) is 1. The largest absolute Gasteiger partial charge is 1.00 e. The van der Waals surface area contributed by atoms with E-state index >= 15 is 0 Å². The Kier molecular flexibility index (Phi) is 5.46. The Morgan fingerprint density at radius 2 is 2.13 bits per heavy atom. The van der Waals surface area contributed by atoms with E-state index in [0.29, 0.717) is 5.69 Å². The van der Waals surface area contributed by atoms with Crippen LogP contribution in [0, 0.1) is 6.92 Å². The molecule has 1 heterocycles. The van der Waals surface area contributed by atoms with Crippen molar-refractivity contribution in [3.8, 4) is 5.88 Å². The van der Waals surface area contributed by atoms with Crippen LogP contribution in [0.3, 0.4) is 0 Å². The third-order valence-corrected chi connectivity index (χ3v) is 1.70. The molecule has 0 aromatic carbocycles. The molecule has 1 rings (SSSR count). The molecule has 0 aliphatic carbocycles. The van der Waals surface area contributed by atoms with Crippen molar-refractivity contribution in [1.82, 2.24) is 9.97 Å². The van der Waals surface area contributed by atoms with Gasteiger partial charge in [-0.05, 0) is 6.92 Å². The van der Waals surface area contributed by atoms with E-state index in [4.69, 9.17) is 9.29 Å². The zero-order valence-corrected chi connectivity index (χ0v) is 11.4. The number of rotatable bonds is 3. The normalized spacial score (nSPS) is 10.3. The first-order valence-electron chi connectivity index (χ1n) is 3.55. The van der Waals surface area contributed by atoms with Crippen LogP contribution in [0.15, 0.2) is 6.07 Å². The summed E-state index contributed by atoms with van der Waals surface area (Å²) in [4.78, 5) is 7.38.